The zero-order valence-corrected chi connectivity index (χ0v) is 16.2. The predicted molar refractivity (Wildman–Crippen MR) is 108 cm³/mol. The quantitative estimate of drug-likeness (QED) is 0.810. The number of ether oxygens (including phenoxy) is 2. The molecule has 0 saturated carbocycles. The van der Waals surface area contributed by atoms with Crippen LogP contribution in [0.1, 0.15) is 35.2 Å². The van der Waals surface area contributed by atoms with Gasteiger partial charge in [0.2, 0.25) is 0 Å². The van der Waals surface area contributed by atoms with E-state index >= 15 is 0 Å². The van der Waals surface area contributed by atoms with Crippen molar-refractivity contribution in [1.82, 2.24) is 5.32 Å². The molecule has 0 aromatic heterocycles. The Kier molecular flexibility index (Phi) is 6.58. The van der Waals surface area contributed by atoms with Crippen LogP contribution in [-0.4, -0.2) is 39.8 Å². The van der Waals surface area contributed by atoms with Crippen LogP contribution in [0.25, 0.3) is 0 Å². The Hall–Kier alpha value is -2.69. The monoisotopic (exact) mass is 368 g/mol. The van der Waals surface area contributed by atoms with Gasteiger partial charge in [0.15, 0.2) is 0 Å². The normalized spacial score (nSPS) is 13.9. The Morgan fingerprint density at radius 3 is 2.19 bits per heavy atom. The lowest BCUT2D eigenvalue weighted by Crippen LogP contribution is -2.29. The number of nitrogens with one attached hydrogen (secondary N) is 1. The zero-order valence-electron chi connectivity index (χ0n) is 16.2. The molecule has 5 nitrogen and oxygen atoms in total. The van der Waals surface area contributed by atoms with Crippen LogP contribution in [0.2, 0.25) is 0 Å². The Labute approximate surface area is 161 Å². The molecule has 1 saturated heterocycles. The smallest absolute Gasteiger partial charge is 0.251 e. The molecule has 1 N–H and O–H groups in total. The fourth-order valence-electron chi connectivity index (χ4n) is 3.39. The van der Waals surface area contributed by atoms with Gasteiger partial charge in [0.05, 0.1) is 14.2 Å². The van der Waals surface area contributed by atoms with Gasteiger partial charge in [-0.2, -0.15) is 0 Å². The van der Waals surface area contributed by atoms with Gasteiger partial charge in [-0.25, -0.2) is 0 Å². The summed E-state index contributed by atoms with van der Waals surface area (Å²) in [6, 6.07) is 13.9. The first-order valence-corrected chi connectivity index (χ1v) is 9.55. The summed E-state index contributed by atoms with van der Waals surface area (Å²) < 4.78 is 10.4. The molecule has 1 aliphatic rings. The number of amides is 1. The number of hydrogen-bond donors (Lipinski definition) is 1. The SMILES string of the molecule is COc1cc(OC)cc(C(=O)NCCc2ccc(N3CCCCC3)cc2)c1. The highest BCUT2D eigenvalue weighted by Crippen LogP contribution is 2.23. The molecule has 0 atom stereocenters. The minimum atomic E-state index is -0.128. The van der Waals surface area contributed by atoms with Gasteiger partial charge >= 0.3 is 0 Å². The first-order valence-electron chi connectivity index (χ1n) is 9.55. The fraction of sp³-hybridized carbons (Fsp3) is 0.409. The van der Waals surface area contributed by atoms with Crippen molar-refractivity contribution in [3.05, 3.63) is 53.6 Å². The van der Waals surface area contributed by atoms with Crippen LogP contribution in [0, 0.1) is 0 Å². The average Bonchev–Trinajstić information content (AvgIpc) is 2.74. The van der Waals surface area contributed by atoms with E-state index in [0.717, 1.165) is 19.5 Å². The van der Waals surface area contributed by atoms with Gasteiger partial charge in [-0.1, -0.05) is 12.1 Å². The average molecular weight is 368 g/mol. The summed E-state index contributed by atoms with van der Waals surface area (Å²) in [5.74, 6) is 1.08. The van der Waals surface area contributed by atoms with Crippen LogP contribution in [-0.2, 0) is 6.42 Å². The van der Waals surface area contributed by atoms with Crippen molar-refractivity contribution >= 4 is 11.6 Å². The van der Waals surface area contributed by atoms with Gasteiger partial charge in [0.25, 0.3) is 5.91 Å². The molecule has 27 heavy (non-hydrogen) atoms. The second-order valence-electron chi connectivity index (χ2n) is 6.82. The third kappa shape index (κ3) is 5.16. The number of rotatable bonds is 7. The van der Waals surface area contributed by atoms with Gasteiger partial charge in [-0.05, 0) is 55.5 Å². The van der Waals surface area contributed by atoms with E-state index in [1.165, 1.54) is 30.5 Å². The van der Waals surface area contributed by atoms with E-state index in [-0.39, 0.29) is 5.91 Å². The molecule has 2 aromatic carbocycles. The summed E-state index contributed by atoms with van der Waals surface area (Å²) in [5.41, 5.74) is 3.05. The Morgan fingerprint density at radius 2 is 1.59 bits per heavy atom. The molecule has 144 valence electrons. The maximum atomic E-state index is 12.4. The van der Waals surface area contributed by atoms with E-state index in [1.807, 2.05) is 0 Å². The van der Waals surface area contributed by atoms with E-state index in [1.54, 1.807) is 32.4 Å². The lowest BCUT2D eigenvalue weighted by atomic mass is 10.1. The highest BCUT2D eigenvalue weighted by atomic mass is 16.5. The largest absolute Gasteiger partial charge is 0.497 e. The van der Waals surface area contributed by atoms with Crippen molar-refractivity contribution in [3.63, 3.8) is 0 Å². The minimum Gasteiger partial charge on any atom is -0.497 e. The van der Waals surface area contributed by atoms with Gasteiger partial charge in [0.1, 0.15) is 11.5 Å². The standard InChI is InChI=1S/C22H28N2O3/c1-26-20-14-18(15-21(16-20)27-2)22(25)23-11-10-17-6-8-19(9-7-17)24-12-4-3-5-13-24/h6-9,14-16H,3-5,10-13H2,1-2H3,(H,23,25). The second-order valence-corrected chi connectivity index (χ2v) is 6.82. The predicted octanol–water partition coefficient (Wildman–Crippen LogP) is 3.67. The summed E-state index contributed by atoms with van der Waals surface area (Å²) in [5, 5.41) is 2.97. The topological polar surface area (TPSA) is 50.8 Å². The summed E-state index contributed by atoms with van der Waals surface area (Å²) in [7, 11) is 3.15. The van der Waals surface area contributed by atoms with Gasteiger partial charge < -0.3 is 19.7 Å². The van der Waals surface area contributed by atoms with Crippen molar-refractivity contribution in [2.24, 2.45) is 0 Å². The number of carbonyl (C=O) groups is 1. The highest BCUT2D eigenvalue weighted by molar-refractivity contribution is 5.95. The first kappa shape index (κ1) is 19.1. The molecule has 0 aliphatic carbocycles. The summed E-state index contributed by atoms with van der Waals surface area (Å²) >= 11 is 0. The second kappa shape index (κ2) is 9.31. The summed E-state index contributed by atoms with van der Waals surface area (Å²) in [4.78, 5) is 14.9. The third-order valence-electron chi connectivity index (χ3n) is 4.97. The Balaban J connectivity index is 1.52. The van der Waals surface area contributed by atoms with Crippen LogP contribution in [0.15, 0.2) is 42.5 Å². The Bertz CT molecular complexity index is 730. The molecular formula is C22H28N2O3. The molecule has 2 aromatic rings. The number of anilines is 1. The maximum Gasteiger partial charge on any atom is 0.251 e. The fourth-order valence-corrected chi connectivity index (χ4v) is 3.39. The molecule has 5 heteroatoms. The first-order chi connectivity index (χ1) is 13.2. The highest BCUT2D eigenvalue weighted by Gasteiger charge is 2.11. The van der Waals surface area contributed by atoms with Crippen LogP contribution in [0.5, 0.6) is 11.5 Å². The number of hydrogen-bond acceptors (Lipinski definition) is 4. The molecule has 1 amide bonds. The molecule has 0 radical (unpaired) electrons. The Morgan fingerprint density at radius 1 is 0.963 bits per heavy atom. The molecule has 1 fully saturated rings. The molecular weight excluding hydrogens is 340 g/mol. The van der Waals surface area contributed by atoms with E-state index in [4.69, 9.17) is 9.47 Å². The number of methoxy groups -OCH3 is 2. The maximum absolute atomic E-state index is 12.4. The van der Waals surface area contributed by atoms with Crippen LogP contribution in [0.3, 0.4) is 0 Å². The van der Waals surface area contributed by atoms with Gasteiger partial charge in [0, 0.05) is 37.0 Å². The molecule has 0 spiro atoms. The number of benzene rings is 2. The third-order valence-corrected chi connectivity index (χ3v) is 4.97. The van der Waals surface area contributed by atoms with E-state index in [0.29, 0.717) is 23.6 Å². The molecule has 3 rings (SSSR count). The minimum absolute atomic E-state index is 0.128. The molecule has 0 bridgehead atoms. The number of carbonyl (C=O) groups excluding carboxylic acids is 1. The summed E-state index contributed by atoms with van der Waals surface area (Å²) in [6.07, 6.45) is 4.70. The van der Waals surface area contributed by atoms with Gasteiger partial charge in [-0.15, -0.1) is 0 Å². The lowest BCUT2D eigenvalue weighted by Gasteiger charge is -2.28. The van der Waals surface area contributed by atoms with Crippen molar-refractivity contribution in [1.29, 1.82) is 0 Å². The molecule has 0 unspecified atom stereocenters. The molecule has 1 aliphatic heterocycles. The molecule has 1 heterocycles. The number of piperidine rings is 1. The summed E-state index contributed by atoms with van der Waals surface area (Å²) in [6.45, 7) is 2.89. The van der Waals surface area contributed by atoms with E-state index in [9.17, 15) is 4.79 Å². The van der Waals surface area contributed by atoms with E-state index in [2.05, 4.69) is 34.5 Å². The van der Waals surface area contributed by atoms with E-state index < -0.39 is 0 Å². The van der Waals surface area contributed by atoms with Crippen molar-refractivity contribution in [2.45, 2.75) is 25.7 Å². The van der Waals surface area contributed by atoms with Crippen LogP contribution >= 0.6 is 0 Å². The van der Waals surface area contributed by atoms with Crippen LogP contribution in [0.4, 0.5) is 5.69 Å². The van der Waals surface area contributed by atoms with Gasteiger partial charge in [-0.3, -0.25) is 4.79 Å². The van der Waals surface area contributed by atoms with Crippen molar-refractivity contribution < 1.29 is 14.3 Å². The lowest BCUT2D eigenvalue weighted by molar-refractivity contribution is 0.0953. The number of nitrogens with zero attached hydrogens (tertiary/aromatic N) is 1. The van der Waals surface area contributed by atoms with Crippen LogP contribution < -0.4 is 19.7 Å². The van der Waals surface area contributed by atoms with Crippen molar-refractivity contribution in [3.8, 4) is 11.5 Å². The van der Waals surface area contributed by atoms with Crippen molar-refractivity contribution in [2.75, 3.05) is 38.8 Å². The zero-order chi connectivity index (χ0) is 19.1.